The lowest BCUT2D eigenvalue weighted by molar-refractivity contribution is -0.165. The third-order valence-corrected chi connectivity index (χ3v) is 5.38. The Labute approximate surface area is 163 Å². The fourth-order valence-corrected chi connectivity index (χ4v) is 3.70. The number of aliphatic hydroxyl groups is 1. The molecule has 0 aromatic heterocycles. The second-order valence-electron chi connectivity index (χ2n) is 7.48. The molecule has 28 heavy (non-hydrogen) atoms. The first-order chi connectivity index (χ1) is 13.3. The van der Waals surface area contributed by atoms with Crippen LogP contribution in [0, 0.1) is 11.8 Å². The summed E-state index contributed by atoms with van der Waals surface area (Å²) in [6.07, 6.45) is -1.52. The molecule has 1 unspecified atom stereocenters. The van der Waals surface area contributed by atoms with Crippen molar-refractivity contribution in [3.05, 3.63) is 59.7 Å². The second kappa shape index (κ2) is 8.12. The summed E-state index contributed by atoms with van der Waals surface area (Å²) in [7, 11) is 0. The first kappa shape index (κ1) is 20.0. The molecule has 1 aliphatic carbocycles. The molecule has 2 aromatic carbocycles. The van der Waals surface area contributed by atoms with Gasteiger partial charge in [0.1, 0.15) is 6.61 Å². The van der Waals surface area contributed by atoms with Crippen LogP contribution in [0.4, 0.5) is 0 Å². The van der Waals surface area contributed by atoms with Crippen molar-refractivity contribution in [3.63, 3.8) is 0 Å². The lowest BCUT2D eigenvalue weighted by atomic mass is 9.90. The van der Waals surface area contributed by atoms with Gasteiger partial charge in [-0.05, 0) is 28.2 Å². The molecule has 6 nitrogen and oxygen atoms in total. The van der Waals surface area contributed by atoms with E-state index in [4.69, 9.17) is 10.5 Å². The third-order valence-electron chi connectivity index (χ3n) is 5.38. The molecule has 0 saturated heterocycles. The molecule has 1 aliphatic rings. The molecule has 6 heteroatoms. The Bertz CT molecular complexity index is 833. The number of esters is 1. The predicted molar refractivity (Wildman–Crippen MR) is 105 cm³/mol. The van der Waals surface area contributed by atoms with Gasteiger partial charge in [-0.15, -0.1) is 0 Å². The van der Waals surface area contributed by atoms with Crippen molar-refractivity contribution < 1.29 is 24.5 Å². The van der Waals surface area contributed by atoms with Crippen molar-refractivity contribution >= 4 is 11.9 Å². The maximum atomic E-state index is 12.5. The van der Waals surface area contributed by atoms with Crippen LogP contribution in [0.15, 0.2) is 48.5 Å². The van der Waals surface area contributed by atoms with Gasteiger partial charge in [-0.2, -0.15) is 0 Å². The van der Waals surface area contributed by atoms with Crippen molar-refractivity contribution in [2.45, 2.75) is 31.9 Å². The Morgan fingerprint density at radius 3 is 2.00 bits per heavy atom. The van der Waals surface area contributed by atoms with Gasteiger partial charge >= 0.3 is 11.9 Å². The van der Waals surface area contributed by atoms with E-state index in [1.807, 2.05) is 48.5 Å². The first-order valence-electron chi connectivity index (χ1n) is 9.34. The lowest BCUT2D eigenvalue weighted by Gasteiger charge is -2.26. The summed E-state index contributed by atoms with van der Waals surface area (Å²) < 4.78 is 5.38. The van der Waals surface area contributed by atoms with E-state index in [9.17, 15) is 19.8 Å². The van der Waals surface area contributed by atoms with Crippen LogP contribution in [0.25, 0.3) is 11.1 Å². The van der Waals surface area contributed by atoms with Crippen LogP contribution in [0.1, 0.15) is 30.9 Å². The van der Waals surface area contributed by atoms with Crippen LogP contribution in [-0.2, 0) is 14.3 Å². The highest BCUT2D eigenvalue weighted by Crippen LogP contribution is 2.44. The van der Waals surface area contributed by atoms with E-state index in [0.29, 0.717) is 0 Å². The number of aliphatic hydroxyl groups excluding tert-OH is 1. The van der Waals surface area contributed by atoms with E-state index >= 15 is 0 Å². The number of fused-ring (bicyclic) bond motifs is 3. The number of carboxylic acid groups (broad SMARTS) is 1. The number of carboxylic acids is 1. The lowest BCUT2D eigenvalue weighted by Crippen LogP contribution is -2.49. The van der Waals surface area contributed by atoms with Gasteiger partial charge in [0.15, 0.2) is 5.92 Å². The fraction of sp³-hybridized carbons (Fsp3) is 0.364. The van der Waals surface area contributed by atoms with Gasteiger partial charge in [0.2, 0.25) is 0 Å². The van der Waals surface area contributed by atoms with Crippen LogP contribution in [0.3, 0.4) is 0 Å². The Morgan fingerprint density at radius 1 is 1.04 bits per heavy atom. The smallest absolute Gasteiger partial charge is 0.323 e. The highest BCUT2D eigenvalue weighted by atomic mass is 16.5. The van der Waals surface area contributed by atoms with E-state index in [2.05, 4.69) is 0 Å². The minimum atomic E-state index is -1.72. The molecule has 0 spiro atoms. The molecule has 0 radical (unpaired) electrons. The second-order valence-corrected chi connectivity index (χ2v) is 7.48. The normalized spacial score (nSPS) is 16.2. The number of ether oxygens (including phenoxy) is 1. The summed E-state index contributed by atoms with van der Waals surface area (Å²) in [5, 5.41) is 19.7. The Morgan fingerprint density at radius 2 is 1.54 bits per heavy atom. The highest BCUT2D eigenvalue weighted by Gasteiger charge is 2.40. The number of nitrogens with two attached hydrogens (primary N) is 1. The molecular formula is C22H25NO5. The average molecular weight is 383 g/mol. The third kappa shape index (κ3) is 3.66. The molecule has 2 aromatic rings. The molecule has 148 valence electrons. The van der Waals surface area contributed by atoms with Gasteiger partial charge in [-0.25, -0.2) is 0 Å². The maximum absolute atomic E-state index is 12.5. The molecular weight excluding hydrogens is 358 g/mol. The van der Waals surface area contributed by atoms with Gasteiger partial charge in [-0.1, -0.05) is 62.4 Å². The molecule has 0 bridgehead atoms. The molecule has 0 fully saturated rings. The van der Waals surface area contributed by atoms with Gasteiger partial charge in [0, 0.05) is 12.0 Å². The molecule has 4 N–H and O–H groups in total. The van der Waals surface area contributed by atoms with Gasteiger partial charge in [0.05, 0.1) is 6.10 Å². The molecule has 0 saturated carbocycles. The summed E-state index contributed by atoms with van der Waals surface area (Å²) in [6, 6.07) is 14.9. The standard InChI is InChI=1S/C22H25NO5/c1-12(2)19(23)20(24)18(21(25)26)22(27)28-11-17-15-9-5-3-7-13(15)14-8-4-6-10-16(14)17/h3-10,12,17-20,24H,11,23H2,1-2H3,(H,25,26)/t18?,19-,20-/m0/s1. The van der Waals surface area contributed by atoms with E-state index in [1.165, 1.54) is 0 Å². The zero-order valence-corrected chi connectivity index (χ0v) is 15.9. The predicted octanol–water partition coefficient (Wildman–Crippen LogP) is 2.39. The van der Waals surface area contributed by atoms with E-state index in [0.717, 1.165) is 22.3 Å². The van der Waals surface area contributed by atoms with Crippen LogP contribution in [0.5, 0.6) is 0 Å². The summed E-state index contributed by atoms with van der Waals surface area (Å²) in [6.45, 7) is 3.51. The number of rotatable bonds is 7. The van der Waals surface area contributed by atoms with Crippen molar-refractivity contribution in [1.29, 1.82) is 0 Å². The van der Waals surface area contributed by atoms with Crippen molar-refractivity contribution in [2.75, 3.05) is 6.61 Å². The SMILES string of the molecule is CC(C)[C@H](N)[C@@H](O)C(C(=O)O)C(=O)OCC1c2ccccc2-c2ccccc21. The van der Waals surface area contributed by atoms with E-state index in [-0.39, 0.29) is 18.4 Å². The molecule has 0 heterocycles. The number of carbonyl (C=O) groups excluding carboxylic acids is 1. The molecule has 0 amide bonds. The molecule has 3 atom stereocenters. The summed E-state index contributed by atoms with van der Waals surface area (Å²) in [5.74, 6) is -4.50. The number of aliphatic carboxylic acids is 1. The van der Waals surface area contributed by atoms with Crippen molar-refractivity contribution in [1.82, 2.24) is 0 Å². The Kier molecular flexibility index (Phi) is 5.82. The quantitative estimate of drug-likeness (QED) is 0.500. The highest BCUT2D eigenvalue weighted by molar-refractivity contribution is 5.94. The van der Waals surface area contributed by atoms with Crippen LogP contribution < -0.4 is 5.73 Å². The van der Waals surface area contributed by atoms with Gasteiger partial charge in [-0.3, -0.25) is 9.59 Å². The first-order valence-corrected chi connectivity index (χ1v) is 9.34. The van der Waals surface area contributed by atoms with Crippen LogP contribution in [-0.4, -0.2) is 40.9 Å². The van der Waals surface area contributed by atoms with E-state index < -0.39 is 30.0 Å². The van der Waals surface area contributed by atoms with Crippen LogP contribution in [0.2, 0.25) is 0 Å². The van der Waals surface area contributed by atoms with E-state index in [1.54, 1.807) is 13.8 Å². The minimum Gasteiger partial charge on any atom is -0.481 e. The average Bonchev–Trinajstić information content (AvgIpc) is 2.99. The molecule has 3 rings (SSSR count). The monoisotopic (exact) mass is 383 g/mol. The summed E-state index contributed by atoms with van der Waals surface area (Å²) in [5.41, 5.74) is 10.1. The van der Waals surface area contributed by atoms with Crippen molar-refractivity contribution in [2.24, 2.45) is 17.6 Å². The molecule has 0 aliphatic heterocycles. The maximum Gasteiger partial charge on any atom is 0.323 e. The Hall–Kier alpha value is -2.70. The van der Waals surface area contributed by atoms with Crippen molar-refractivity contribution in [3.8, 4) is 11.1 Å². The summed E-state index contributed by atoms with van der Waals surface area (Å²) >= 11 is 0. The topological polar surface area (TPSA) is 110 Å². The van der Waals surface area contributed by atoms with Crippen LogP contribution >= 0.6 is 0 Å². The van der Waals surface area contributed by atoms with Gasteiger partial charge < -0.3 is 20.7 Å². The Balaban J connectivity index is 1.79. The number of carbonyl (C=O) groups is 2. The fourth-order valence-electron chi connectivity index (χ4n) is 3.70. The zero-order chi connectivity index (χ0) is 20.4. The largest absolute Gasteiger partial charge is 0.481 e. The number of hydrogen-bond donors (Lipinski definition) is 3. The van der Waals surface area contributed by atoms with Gasteiger partial charge in [0.25, 0.3) is 0 Å². The minimum absolute atomic E-state index is 0.000274. The number of benzene rings is 2. The number of hydrogen-bond acceptors (Lipinski definition) is 5. The summed E-state index contributed by atoms with van der Waals surface area (Å²) in [4.78, 5) is 24.1. The zero-order valence-electron chi connectivity index (χ0n) is 15.9.